The summed E-state index contributed by atoms with van der Waals surface area (Å²) in [7, 11) is 5.68. The van der Waals surface area contributed by atoms with Gasteiger partial charge in [0.2, 0.25) is 0 Å². The molecule has 1 N–H and O–H groups in total. The second-order valence-corrected chi connectivity index (χ2v) is 5.52. The largest absolute Gasteiger partial charge is 0.381 e. The third kappa shape index (κ3) is 4.13. The van der Waals surface area contributed by atoms with Gasteiger partial charge in [-0.2, -0.15) is 0 Å². The highest BCUT2D eigenvalue weighted by atomic mass is 35.5. The van der Waals surface area contributed by atoms with Gasteiger partial charge in [-0.05, 0) is 29.3 Å². The predicted molar refractivity (Wildman–Crippen MR) is 90.3 cm³/mol. The minimum atomic E-state index is 0.623. The Kier molecular flexibility index (Phi) is 5.48. The lowest BCUT2D eigenvalue weighted by atomic mass is 10.1. The van der Waals surface area contributed by atoms with E-state index in [1.54, 1.807) is 7.11 Å². The van der Waals surface area contributed by atoms with Gasteiger partial charge in [-0.25, -0.2) is 0 Å². The van der Waals surface area contributed by atoms with Gasteiger partial charge in [0.1, 0.15) is 0 Å². The number of hydrogen-bond acceptors (Lipinski definition) is 3. The molecule has 2 rings (SSSR count). The molecule has 0 aliphatic carbocycles. The summed E-state index contributed by atoms with van der Waals surface area (Å²) in [6.07, 6.45) is 0. The maximum atomic E-state index is 6.29. The van der Waals surface area contributed by atoms with Crippen molar-refractivity contribution in [2.24, 2.45) is 0 Å². The van der Waals surface area contributed by atoms with Crippen LogP contribution in [-0.4, -0.2) is 21.2 Å². The van der Waals surface area contributed by atoms with Crippen molar-refractivity contribution in [2.75, 3.05) is 31.4 Å². The number of rotatable bonds is 6. The molecule has 0 saturated heterocycles. The molecular weight excluding hydrogens is 284 g/mol. The maximum absolute atomic E-state index is 6.29. The van der Waals surface area contributed by atoms with Crippen LogP contribution in [0.5, 0.6) is 0 Å². The molecule has 0 aliphatic rings. The minimum absolute atomic E-state index is 0.623. The lowest BCUT2D eigenvalue weighted by molar-refractivity contribution is 0.184. The highest BCUT2D eigenvalue weighted by Crippen LogP contribution is 2.27. The highest BCUT2D eigenvalue weighted by Gasteiger charge is 2.05. The first-order chi connectivity index (χ1) is 10.1. The van der Waals surface area contributed by atoms with Crippen LogP contribution in [0.15, 0.2) is 42.5 Å². The number of nitrogens with zero attached hydrogens (tertiary/aromatic N) is 1. The van der Waals surface area contributed by atoms with Gasteiger partial charge in [0.15, 0.2) is 0 Å². The normalized spacial score (nSPS) is 10.5. The fraction of sp³-hybridized carbons (Fsp3) is 0.294. The van der Waals surface area contributed by atoms with Crippen molar-refractivity contribution in [1.82, 2.24) is 0 Å². The van der Waals surface area contributed by atoms with Crippen LogP contribution in [0.2, 0.25) is 5.02 Å². The summed E-state index contributed by atoms with van der Waals surface area (Å²) < 4.78 is 5.23. The first-order valence-corrected chi connectivity index (χ1v) is 7.26. The summed E-state index contributed by atoms with van der Waals surface area (Å²) in [6.45, 7) is 1.37. The summed E-state index contributed by atoms with van der Waals surface area (Å²) in [5.41, 5.74) is 4.45. The van der Waals surface area contributed by atoms with Gasteiger partial charge >= 0.3 is 0 Å². The van der Waals surface area contributed by atoms with Crippen molar-refractivity contribution in [3.63, 3.8) is 0 Å². The number of benzene rings is 2. The van der Waals surface area contributed by atoms with E-state index in [2.05, 4.69) is 17.4 Å². The quantitative estimate of drug-likeness (QED) is 0.867. The van der Waals surface area contributed by atoms with Gasteiger partial charge in [-0.1, -0.05) is 35.9 Å². The van der Waals surface area contributed by atoms with E-state index in [4.69, 9.17) is 16.3 Å². The van der Waals surface area contributed by atoms with E-state index in [0.717, 1.165) is 22.9 Å². The van der Waals surface area contributed by atoms with E-state index in [-0.39, 0.29) is 0 Å². The molecule has 0 atom stereocenters. The molecule has 0 spiro atoms. The standard InChI is InChI=1S/C17H21ClN2O/c1-20(2)17-9-8-15(10-16(17)18)19-11-13-6-4-5-7-14(13)12-21-3/h4-10,19H,11-12H2,1-3H3. The molecular formula is C17H21ClN2O. The molecule has 0 aliphatic heterocycles. The van der Waals surface area contributed by atoms with E-state index in [1.807, 2.05) is 49.3 Å². The fourth-order valence-electron chi connectivity index (χ4n) is 2.20. The van der Waals surface area contributed by atoms with Gasteiger partial charge in [0.05, 0.1) is 17.3 Å². The van der Waals surface area contributed by atoms with Crippen LogP contribution in [0.4, 0.5) is 11.4 Å². The van der Waals surface area contributed by atoms with Gasteiger partial charge in [-0.3, -0.25) is 0 Å². The molecule has 2 aromatic carbocycles. The number of ether oxygens (including phenoxy) is 1. The van der Waals surface area contributed by atoms with E-state index in [0.29, 0.717) is 6.61 Å². The third-order valence-corrected chi connectivity index (χ3v) is 3.63. The molecule has 0 saturated carbocycles. The van der Waals surface area contributed by atoms with Crippen LogP contribution in [0.1, 0.15) is 11.1 Å². The zero-order chi connectivity index (χ0) is 15.2. The van der Waals surface area contributed by atoms with Crippen LogP contribution in [0.3, 0.4) is 0 Å². The molecule has 0 heterocycles. The van der Waals surface area contributed by atoms with Crippen molar-refractivity contribution in [3.05, 3.63) is 58.6 Å². The molecule has 112 valence electrons. The number of anilines is 2. The average Bonchev–Trinajstić information content (AvgIpc) is 2.46. The van der Waals surface area contributed by atoms with Crippen molar-refractivity contribution in [3.8, 4) is 0 Å². The second kappa shape index (κ2) is 7.34. The Bertz CT molecular complexity index is 599. The molecule has 21 heavy (non-hydrogen) atoms. The average molecular weight is 305 g/mol. The zero-order valence-corrected chi connectivity index (χ0v) is 13.4. The van der Waals surface area contributed by atoms with Crippen molar-refractivity contribution in [2.45, 2.75) is 13.2 Å². The van der Waals surface area contributed by atoms with Crippen LogP contribution in [0.25, 0.3) is 0 Å². The van der Waals surface area contributed by atoms with Gasteiger partial charge in [0, 0.05) is 33.4 Å². The molecule has 2 aromatic rings. The molecule has 0 unspecified atom stereocenters. The Hall–Kier alpha value is -1.71. The van der Waals surface area contributed by atoms with Crippen molar-refractivity contribution < 1.29 is 4.74 Å². The van der Waals surface area contributed by atoms with Gasteiger partial charge in [0.25, 0.3) is 0 Å². The Labute approximate surface area is 131 Å². The lowest BCUT2D eigenvalue weighted by Crippen LogP contribution is -2.09. The molecule has 3 nitrogen and oxygen atoms in total. The summed E-state index contributed by atoms with van der Waals surface area (Å²) in [6, 6.07) is 14.3. The monoisotopic (exact) mass is 304 g/mol. The Morgan fingerprint density at radius 3 is 2.43 bits per heavy atom. The zero-order valence-electron chi connectivity index (χ0n) is 12.7. The highest BCUT2D eigenvalue weighted by molar-refractivity contribution is 6.33. The topological polar surface area (TPSA) is 24.5 Å². The Morgan fingerprint density at radius 1 is 1.10 bits per heavy atom. The number of nitrogens with one attached hydrogen (secondary N) is 1. The van der Waals surface area contributed by atoms with E-state index in [1.165, 1.54) is 11.1 Å². The Morgan fingerprint density at radius 2 is 1.81 bits per heavy atom. The molecule has 0 amide bonds. The van der Waals surface area contributed by atoms with Crippen molar-refractivity contribution in [1.29, 1.82) is 0 Å². The van der Waals surface area contributed by atoms with Crippen LogP contribution < -0.4 is 10.2 Å². The van der Waals surface area contributed by atoms with Crippen molar-refractivity contribution >= 4 is 23.0 Å². The molecule has 0 radical (unpaired) electrons. The number of hydrogen-bond donors (Lipinski definition) is 1. The molecule has 0 bridgehead atoms. The smallest absolute Gasteiger partial charge is 0.0716 e. The minimum Gasteiger partial charge on any atom is -0.381 e. The van der Waals surface area contributed by atoms with Gasteiger partial charge in [-0.15, -0.1) is 0 Å². The van der Waals surface area contributed by atoms with E-state index >= 15 is 0 Å². The SMILES string of the molecule is COCc1ccccc1CNc1ccc(N(C)C)c(Cl)c1. The third-order valence-electron chi connectivity index (χ3n) is 3.33. The van der Waals surface area contributed by atoms with E-state index in [9.17, 15) is 0 Å². The summed E-state index contributed by atoms with van der Waals surface area (Å²) in [4.78, 5) is 2.00. The fourth-order valence-corrected chi connectivity index (χ4v) is 2.55. The molecule has 0 aromatic heterocycles. The summed E-state index contributed by atoms with van der Waals surface area (Å²) in [5, 5.41) is 4.15. The van der Waals surface area contributed by atoms with Gasteiger partial charge < -0.3 is 15.0 Å². The first kappa shape index (κ1) is 15.7. The lowest BCUT2D eigenvalue weighted by Gasteiger charge is -2.16. The predicted octanol–water partition coefficient (Wildman–Crippen LogP) is 4.16. The second-order valence-electron chi connectivity index (χ2n) is 5.12. The first-order valence-electron chi connectivity index (χ1n) is 6.88. The molecule has 4 heteroatoms. The molecule has 0 fully saturated rings. The van der Waals surface area contributed by atoms with Crippen LogP contribution in [-0.2, 0) is 17.9 Å². The van der Waals surface area contributed by atoms with Crippen LogP contribution in [0, 0.1) is 0 Å². The number of methoxy groups -OCH3 is 1. The summed E-state index contributed by atoms with van der Waals surface area (Å²) in [5.74, 6) is 0. The van der Waals surface area contributed by atoms with E-state index < -0.39 is 0 Å². The maximum Gasteiger partial charge on any atom is 0.0716 e. The number of halogens is 1. The summed E-state index contributed by atoms with van der Waals surface area (Å²) >= 11 is 6.29. The Balaban J connectivity index is 2.08. The van der Waals surface area contributed by atoms with Crippen LogP contribution >= 0.6 is 11.6 Å².